The first-order valence-corrected chi connectivity index (χ1v) is 12.9. The van der Waals surface area contributed by atoms with Crippen molar-refractivity contribution >= 4 is 22.9 Å². The maximum absolute atomic E-state index is 13.0. The molecule has 1 N–H and O–H groups in total. The lowest BCUT2D eigenvalue weighted by molar-refractivity contribution is -0.00656. The Kier molecular flexibility index (Phi) is 9.22. The molecular formula is C26H39N3O4S. The van der Waals surface area contributed by atoms with E-state index in [1.807, 2.05) is 19.1 Å². The zero-order valence-corrected chi connectivity index (χ0v) is 22.2. The molecule has 0 saturated carbocycles. The van der Waals surface area contributed by atoms with E-state index in [9.17, 15) is 4.79 Å². The van der Waals surface area contributed by atoms with Crippen molar-refractivity contribution in [2.24, 2.45) is 0 Å². The molecule has 0 bridgehead atoms. The summed E-state index contributed by atoms with van der Waals surface area (Å²) in [4.78, 5) is 19.2. The van der Waals surface area contributed by atoms with Gasteiger partial charge in [0.05, 0.1) is 24.3 Å². The number of thiophene rings is 1. The number of methoxy groups -OCH3 is 1. The van der Waals surface area contributed by atoms with Crippen molar-refractivity contribution in [2.75, 3.05) is 65.6 Å². The summed E-state index contributed by atoms with van der Waals surface area (Å²) in [6.07, 6.45) is 1.82. The number of rotatable bonds is 11. The summed E-state index contributed by atoms with van der Waals surface area (Å²) in [5.41, 5.74) is 1.89. The zero-order chi connectivity index (χ0) is 24.7. The van der Waals surface area contributed by atoms with Crippen LogP contribution in [0.25, 0.3) is 10.4 Å². The number of ether oxygens (including phenoxy) is 3. The van der Waals surface area contributed by atoms with Gasteiger partial charge in [-0.3, -0.25) is 4.79 Å². The molecule has 1 saturated heterocycles. The lowest BCUT2D eigenvalue weighted by atomic mass is 9.88. The standard InChI is InChI=1S/C26H39N3O4S/c1-7-29(8-2)20-11-10-19(23(33-9-3)24(20)31-6)21-12-13-22(34-21)25(30)27-18-26(28(4)5)14-16-32-17-15-26/h10-13H,7-9,14-18H2,1-6H3,(H,27,30). The number of anilines is 1. The molecule has 8 heteroatoms. The van der Waals surface area contributed by atoms with Crippen molar-refractivity contribution in [3.8, 4) is 21.9 Å². The van der Waals surface area contributed by atoms with Crippen molar-refractivity contribution in [2.45, 2.75) is 39.2 Å². The molecule has 1 amide bonds. The summed E-state index contributed by atoms with van der Waals surface area (Å²) < 4.78 is 17.4. The molecule has 7 nitrogen and oxygen atoms in total. The van der Waals surface area contributed by atoms with Gasteiger partial charge >= 0.3 is 0 Å². The Balaban J connectivity index is 1.85. The van der Waals surface area contributed by atoms with Crippen LogP contribution in [0.3, 0.4) is 0 Å². The number of carbonyl (C=O) groups excluding carboxylic acids is 1. The highest BCUT2D eigenvalue weighted by Crippen LogP contribution is 2.46. The first-order chi connectivity index (χ1) is 16.4. The highest BCUT2D eigenvalue weighted by molar-refractivity contribution is 7.17. The minimum Gasteiger partial charge on any atom is -0.491 e. The first kappa shape index (κ1) is 26.3. The van der Waals surface area contributed by atoms with Gasteiger partial charge in [-0.05, 0) is 72.0 Å². The summed E-state index contributed by atoms with van der Waals surface area (Å²) in [5.74, 6) is 1.40. The van der Waals surface area contributed by atoms with Crippen LogP contribution in [-0.2, 0) is 4.74 Å². The number of carbonyl (C=O) groups is 1. The van der Waals surface area contributed by atoms with E-state index in [0.29, 0.717) is 18.0 Å². The molecule has 2 aromatic rings. The molecule has 1 aliphatic heterocycles. The Labute approximate surface area is 208 Å². The van der Waals surface area contributed by atoms with Gasteiger partial charge in [0.1, 0.15) is 0 Å². The number of nitrogens with zero attached hydrogens (tertiary/aromatic N) is 2. The van der Waals surface area contributed by atoms with Crippen LogP contribution in [-0.4, -0.2) is 77.0 Å². The van der Waals surface area contributed by atoms with Gasteiger partial charge < -0.3 is 29.3 Å². The van der Waals surface area contributed by atoms with Crippen LogP contribution in [0.1, 0.15) is 43.3 Å². The highest BCUT2D eigenvalue weighted by Gasteiger charge is 2.35. The Morgan fingerprint density at radius 2 is 1.79 bits per heavy atom. The molecule has 0 radical (unpaired) electrons. The monoisotopic (exact) mass is 489 g/mol. The molecule has 1 aliphatic rings. The fraction of sp³-hybridized carbons (Fsp3) is 0.577. The second-order valence-electron chi connectivity index (χ2n) is 8.68. The average molecular weight is 490 g/mol. The van der Waals surface area contributed by atoms with Gasteiger partial charge in [0.25, 0.3) is 5.91 Å². The molecule has 1 aromatic carbocycles. The van der Waals surface area contributed by atoms with E-state index in [0.717, 1.165) is 66.8 Å². The Hall–Kier alpha value is -2.29. The summed E-state index contributed by atoms with van der Waals surface area (Å²) >= 11 is 1.47. The third-order valence-electron chi connectivity index (χ3n) is 6.73. The SMILES string of the molecule is CCOc1c(-c2ccc(C(=O)NCC3(N(C)C)CCOCC3)s2)ccc(N(CC)CC)c1OC. The average Bonchev–Trinajstić information content (AvgIpc) is 3.34. The maximum Gasteiger partial charge on any atom is 0.261 e. The Bertz CT molecular complexity index is 950. The summed E-state index contributed by atoms with van der Waals surface area (Å²) in [6, 6.07) is 8.03. The van der Waals surface area contributed by atoms with Gasteiger partial charge in [0.2, 0.25) is 0 Å². The molecule has 2 heterocycles. The first-order valence-electron chi connectivity index (χ1n) is 12.1. The quantitative estimate of drug-likeness (QED) is 0.501. The molecule has 0 aliphatic carbocycles. The van der Waals surface area contributed by atoms with Gasteiger partial charge in [-0.25, -0.2) is 0 Å². The van der Waals surface area contributed by atoms with Crippen molar-refractivity contribution in [3.05, 3.63) is 29.1 Å². The number of likely N-dealkylation sites (N-methyl/N-ethyl adjacent to an activating group) is 1. The normalized spacial score (nSPS) is 15.3. The predicted molar refractivity (Wildman–Crippen MR) is 140 cm³/mol. The number of hydrogen-bond acceptors (Lipinski definition) is 7. The summed E-state index contributed by atoms with van der Waals surface area (Å²) in [6.45, 7) is 10.6. The summed E-state index contributed by atoms with van der Waals surface area (Å²) in [5, 5.41) is 3.17. The number of amides is 1. The topological polar surface area (TPSA) is 63.3 Å². The largest absolute Gasteiger partial charge is 0.491 e. The van der Waals surface area contributed by atoms with Gasteiger partial charge in [-0.2, -0.15) is 0 Å². The van der Waals surface area contributed by atoms with E-state index in [1.165, 1.54) is 11.3 Å². The third-order valence-corrected chi connectivity index (χ3v) is 7.85. The lowest BCUT2D eigenvalue weighted by Crippen LogP contribution is -2.55. The number of nitrogens with one attached hydrogen (secondary N) is 1. The van der Waals surface area contributed by atoms with Crippen LogP contribution in [0.15, 0.2) is 24.3 Å². The van der Waals surface area contributed by atoms with Gasteiger partial charge in [-0.15, -0.1) is 11.3 Å². The van der Waals surface area contributed by atoms with Crippen LogP contribution >= 0.6 is 11.3 Å². The second kappa shape index (κ2) is 11.9. The van der Waals surface area contributed by atoms with Crippen LogP contribution in [0, 0.1) is 0 Å². The van der Waals surface area contributed by atoms with Crippen LogP contribution < -0.4 is 19.7 Å². The molecule has 0 spiro atoms. The maximum atomic E-state index is 13.0. The van der Waals surface area contributed by atoms with Gasteiger partial charge in [0.15, 0.2) is 11.5 Å². The zero-order valence-electron chi connectivity index (χ0n) is 21.4. The van der Waals surface area contributed by atoms with E-state index in [1.54, 1.807) is 7.11 Å². The molecule has 3 rings (SSSR count). The fourth-order valence-electron chi connectivity index (χ4n) is 4.51. The minimum absolute atomic E-state index is 0.0475. The Morgan fingerprint density at radius 3 is 2.38 bits per heavy atom. The number of hydrogen-bond donors (Lipinski definition) is 1. The molecule has 0 atom stereocenters. The third kappa shape index (κ3) is 5.50. The van der Waals surface area contributed by atoms with Crippen LogP contribution in [0.2, 0.25) is 0 Å². The van der Waals surface area contributed by atoms with Crippen LogP contribution in [0.4, 0.5) is 5.69 Å². The molecule has 188 valence electrons. The van der Waals surface area contributed by atoms with E-state index >= 15 is 0 Å². The highest BCUT2D eigenvalue weighted by atomic mass is 32.1. The lowest BCUT2D eigenvalue weighted by Gasteiger charge is -2.42. The van der Waals surface area contributed by atoms with Crippen molar-refractivity contribution < 1.29 is 19.0 Å². The van der Waals surface area contributed by atoms with Gasteiger partial charge in [0, 0.05) is 48.8 Å². The predicted octanol–water partition coefficient (Wildman–Crippen LogP) is 4.51. The smallest absolute Gasteiger partial charge is 0.261 e. The van der Waals surface area contributed by atoms with E-state index in [4.69, 9.17) is 14.2 Å². The number of benzene rings is 1. The van der Waals surface area contributed by atoms with Crippen molar-refractivity contribution in [1.82, 2.24) is 10.2 Å². The van der Waals surface area contributed by atoms with Crippen LogP contribution in [0.5, 0.6) is 11.5 Å². The molecule has 1 aromatic heterocycles. The molecular weight excluding hydrogens is 450 g/mol. The van der Waals surface area contributed by atoms with Gasteiger partial charge in [-0.1, -0.05) is 0 Å². The molecule has 34 heavy (non-hydrogen) atoms. The second-order valence-corrected chi connectivity index (χ2v) is 9.76. The van der Waals surface area contributed by atoms with Crippen molar-refractivity contribution in [3.63, 3.8) is 0 Å². The molecule has 0 unspecified atom stereocenters. The summed E-state index contributed by atoms with van der Waals surface area (Å²) in [7, 11) is 5.83. The Morgan fingerprint density at radius 1 is 1.09 bits per heavy atom. The van der Waals surface area contributed by atoms with E-state index < -0.39 is 0 Å². The van der Waals surface area contributed by atoms with E-state index in [2.05, 4.69) is 55.2 Å². The van der Waals surface area contributed by atoms with E-state index in [-0.39, 0.29) is 11.4 Å². The van der Waals surface area contributed by atoms with Crippen molar-refractivity contribution in [1.29, 1.82) is 0 Å². The fourth-order valence-corrected chi connectivity index (χ4v) is 5.46. The molecule has 1 fully saturated rings. The minimum atomic E-state index is -0.0657.